The number of carbonyl (C=O) groups is 1. The highest BCUT2D eigenvalue weighted by atomic mass is 32.2. The number of sulfonamides is 1. The van der Waals surface area contributed by atoms with E-state index in [-0.39, 0.29) is 17.0 Å². The van der Waals surface area contributed by atoms with Crippen molar-refractivity contribution in [3.63, 3.8) is 0 Å². The third-order valence-corrected chi connectivity index (χ3v) is 3.57. The minimum absolute atomic E-state index is 0.104. The lowest BCUT2D eigenvalue weighted by atomic mass is 10.3. The average Bonchev–Trinajstić information content (AvgIpc) is 2.27. The van der Waals surface area contributed by atoms with Gasteiger partial charge in [-0.2, -0.15) is 5.26 Å². The molecule has 1 aromatic rings. The Labute approximate surface area is 104 Å². The van der Waals surface area contributed by atoms with Gasteiger partial charge in [-0.05, 0) is 19.1 Å². The Hall–Kier alpha value is -1.98. The molecule has 7 nitrogen and oxygen atoms in total. The Kier molecular flexibility index (Phi) is 4.36. The summed E-state index contributed by atoms with van der Waals surface area (Å²) >= 11 is 0. The summed E-state index contributed by atoms with van der Waals surface area (Å²) in [5.41, 5.74) is 0.104. The molecule has 0 bridgehead atoms. The van der Waals surface area contributed by atoms with E-state index in [0.717, 1.165) is 6.20 Å². The highest BCUT2D eigenvalue weighted by Gasteiger charge is 2.19. The highest BCUT2D eigenvalue weighted by Crippen LogP contribution is 2.09. The van der Waals surface area contributed by atoms with Crippen LogP contribution in [-0.4, -0.2) is 30.5 Å². The number of nitrogens with zero attached hydrogens (tertiary/aromatic N) is 2. The second kappa shape index (κ2) is 5.57. The molecule has 1 aromatic heterocycles. The summed E-state index contributed by atoms with van der Waals surface area (Å²) in [4.78, 5) is 14.0. The van der Waals surface area contributed by atoms with Gasteiger partial charge in [0, 0.05) is 12.2 Å². The molecule has 2 N–H and O–H groups in total. The average molecular weight is 269 g/mol. The van der Waals surface area contributed by atoms with Gasteiger partial charge in [-0.25, -0.2) is 18.1 Å². The molecule has 1 rings (SSSR count). The van der Waals surface area contributed by atoms with Crippen molar-refractivity contribution in [2.75, 3.05) is 0 Å². The molecule has 0 saturated carbocycles. The monoisotopic (exact) mass is 269 g/mol. The number of pyridine rings is 1. The molecule has 0 radical (unpaired) electrons. The van der Waals surface area contributed by atoms with E-state index < -0.39 is 22.0 Å². The molecular weight excluding hydrogens is 258 g/mol. The van der Waals surface area contributed by atoms with Crippen LogP contribution in [-0.2, 0) is 14.8 Å². The Morgan fingerprint density at radius 2 is 2.28 bits per heavy atom. The molecule has 1 unspecified atom stereocenters. The number of nitrogens with one attached hydrogen (secondary N) is 1. The Morgan fingerprint density at radius 1 is 1.61 bits per heavy atom. The van der Waals surface area contributed by atoms with Gasteiger partial charge in [-0.1, -0.05) is 0 Å². The Morgan fingerprint density at radius 3 is 2.72 bits per heavy atom. The lowest BCUT2D eigenvalue weighted by molar-refractivity contribution is -0.137. The lowest BCUT2D eigenvalue weighted by Gasteiger charge is -2.11. The van der Waals surface area contributed by atoms with Crippen molar-refractivity contribution in [1.82, 2.24) is 9.71 Å². The first-order valence-electron chi connectivity index (χ1n) is 4.95. The minimum atomic E-state index is -3.82. The van der Waals surface area contributed by atoms with Crippen LogP contribution in [0.2, 0.25) is 0 Å². The summed E-state index contributed by atoms with van der Waals surface area (Å²) in [5.74, 6) is -1.09. The number of aromatic nitrogens is 1. The van der Waals surface area contributed by atoms with Crippen LogP contribution in [0.4, 0.5) is 0 Å². The van der Waals surface area contributed by atoms with E-state index in [2.05, 4.69) is 9.71 Å². The van der Waals surface area contributed by atoms with Gasteiger partial charge in [0.2, 0.25) is 10.0 Å². The van der Waals surface area contributed by atoms with E-state index in [0.29, 0.717) is 0 Å². The smallest absolute Gasteiger partial charge is 0.304 e. The zero-order valence-electron chi connectivity index (χ0n) is 9.49. The minimum Gasteiger partial charge on any atom is -0.481 e. The molecule has 0 aliphatic carbocycles. The summed E-state index contributed by atoms with van der Waals surface area (Å²) in [6.45, 7) is 1.45. The first-order valence-corrected chi connectivity index (χ1v) is 6.44. The van der Waals surface area contributed by atoms with Crippen molar-refractivity contribution < 1.29 is 18.3 Å². The van der Waals surface area contributed by atoms with Gasteiger partial charge in [0.15, 0.2) is 0 Å². The van der Waals surface area contributed by atoms with E-state index in [1.807, 2.05) is 0 Å². The molecule has 1 atom stereocenters. The van der Waals surface area contributed by atoms with Gasteiger partial charge in [0.1, 0.15) is 16.7 Å². The third kappa shape index (κ3) is 3.80. The van der Waals surface area contributed by atoms with E-state index in [9.17, 15) is 13.2 Å². The molecule has 18 heavy (non-hydrogen) atoms. The van der Waals surface area contributed by atoms with E-state index in [4.69, 9.17) is 10.4 Å². The summed E-state index contributed by atoms with van der Waals surface area (Å²) in [6, 6.07) is 3.55. The molecule has 0 aliphatic rings. The maximum absolute atomic E-state index is 11.8. The molecule has 96 valence electrons. The molecule has 0 saturated heterocycles. The molecule has 1 heterocycles. The predicted molar refractivity (Wildman–Crippen MR) is 61.0 cm³/mol. The zero-order valence-corrected chi connectivity index (χ0v) is 10.3. The maximum atomic E-state index is 11.8. The topological polar surface area (TPSA) is 120 Å². The number of hydrogen-bond donors (Lipinski definition) is 2. The fourth-order valence-electron chi connectivity index (χ4n) is 1.24. The number of rotatable bonds is 5. The van der Waals surface area contributed by atoms with E-state index >= 15 is 0 Å². The second-order valence-corrected chi connectivity index (χ2v) is 5.33. The van der Waals surface area contributed by atoms with Crippen LogP contribution in [0.1, 0.15) is 19.0 Å². The molecule has 8 heteroatoms. The number of hydrogen-bond acceptors (Lipinski definition) is 5. The van der Waals surface area contributed by atoms with Crippen LogP contribution in [0.15, 0.2) is 23.2 Å². The van der Waals surface area contributed by atoms with Crippen molar-refractivity contribution >= 4 is 16.0 Å². The fourth-order valence-corrected chi connectivity index (χ4v) is 2.43. The van der Waals surface area contributed by atoms with Crippen LogP contribution in [0.5, 0.6) is 0 Å². The van der Waals surface area contributed by atoms with Gasteiger partial charge in [-0.3, -0.25) is 4.79 Å². The van der Waals surface area contributed by atoms with Crippen molar-refractivity contribution in [2.24, 2.45) is 0 Å². The second-order valence-electron chi connectivity index (χ2n) is 3.61. The van der Waals surface area contributed by atoms with E-state index in [1.54, 1.807) is 6.07 Å². The van der Waals surface area contributed by atoms with Crippen molar-refractivity contribution in [1.29, 1.82) is 5.26 Å². The van der Waals surface area contributed by atoms with Crippen molar-refractivity contribution in [2.45, 2.75) is 24.3 Å². The largest absolute Gasteiger partial charge is 0.481 e. The molecular formula is C10H11N3O4S. The first kappa shape index (κ1) is 14.1. The Bertz CT molecular complexity index is 574. The van der Waals surface area contributed by atoms with Crippen LogP contribution in [0, 0.1) is 11.3 Å². The zero-order chi connectivity index (χ0) is 13.8. The maximum Gasteiger partial charge on any atom is 0.304 e. The van der Waals surface area contributed by atoms with Gasteiger partial charge >= 0.3 is 5.97 Å². The molecule has 0 aliphatic heterocycles. The summed E-state index contributed by atoms with van der Waals surface area (Å²) in [7, 11) is -3.82. The normalized spacial score (nSPS) is 12.7. The van der Waals surface area contributed by atoms with Crippen LogP contribution >= 0.6 is 0 Å². The van der Waals surface area contributed by atoms with Crippen molar-refractivity contribution in [3.8, 4) is 6.07 Å². The number of nitriles is 1. The number of aliphatic carboxylic acids is 1. The first-order chi connectivity index (χ1) is 8.35. The van der Waals surface area contributed by atoms with Gasteiger partial charge < -0.3 is 5.11 Å². The van der Waals surface area contributed by atoms with Crippen molar-refractivity contribution in [3.05, 3.63) is 24.0 Å². The van der Waals surface area contributed by atoms with Crippen LogP contribution in [0.25, 0.3) is 0 Å². The standard InChI is InChI=1S/C10H11N3O4S/c1-7(4-10(14)15)13-18(16,17)9-3-2-8(5-11)12-6-9/h2-3,6-7,13H,4H2,1H3,(H,14,15). The quantitative estimate of drug-likeness (QED) is 0.781. The summed E-state index contributed by atoms with van der Waals surface area (Å²) in [5, 5.41) is 17.1. The van der Waals surface area contributed by atoms with Gasteiger partial charge in [0.05, 0.1) is 6.42 Å². The predicted octanol–water partition coefficient (Wildman–Crippen LogP) is 0.0948. The fraction of sp³-hybridized carbons (Fsp3) is 0.300. The molecule has 0 amide bonds. The van der Waals surface area contributed by atoms with Crippen LogP contribution < -0.4 is 4.72 Å². The van der Waals surface area contributed by atoms with Crippen LogP contribution in [0.3, 0.4) is 0 Å². The highest BCUT2D eigenvalue weighted by molar-refractivity contribution is 7.89. The van der Waals surface area contributed by atoms with Gasteiger partial charge in [-0.15, -0.1) is 0 Å². The van der Waals surface area contributed by atoms with E-state index in [1.165, 1.54) is 19.1 Å². The Balaban J connectivity index is 2.86. The third-order valence-electron chi connectivity index (χ3n) is 2.00. The SMILES string of the molecule is CC(CC(=O)O)NS(=O)(=O)c1ccc(C#N)nc1. The molecule has 0 spiro atoms. The number of carboxylic acids is 1. The van der Waals surface area contributed by atoms with Gasteiger partial charge in [0.25, 0.3) is 0 Å². The molecule has 0 fully saturated rings. The lowest BCUT2D eigenvalue weighted by Crippen LogP contribution is -2.34. The molecule has 0 aromatic carbocycles. The summed E-state index contributed by atoms with van der Waals surface area (Å²) < 4.78 is 25.8. The summed E-state index contributed by atoms with van der Waals surface area (Å²) in [6.07, 6.45) is 0.733. The number of carboxylic acid groups (broad SMARTS) is 1.